The van der Waals surface area contributed by atoms with E-state index in [0.717, 1.165) is 18.4 Å². The standard InChI is InChI=1S/C16H27BO3/c1-2-3-4-5-6-7-8-9-12-15-13-10-11-14-16(15)20-17(18)19/h10-11,13-14,18-19H,2-9,12H2,1H3. The molecule has 0 bridgehead atoms. The quantitative estimate of drug-likeness (QED) is 0.479. The van der Waals surface area contributed by atoms with Crippen LogP contribution in [0.1, 0.15) is 63.9 Å². The van der Waals surface area contributed by atoms with Crippen LogP contribution in [0, 0.1) is 0 Å². The minimum absolute atomic E-state index is 0.574. The Bertz CT molecular complexity index is 355. The van der Waals surface area contributed by atoms with Gasteiger partial charge >= 0.3 is 7.32 Å². The summed E-state index contributed by atoms with van der Waals surface area (Å²) in [5, 5.41) is 17.8. The third-order valence-corrected chi connectivity index (χ3v) is 3.50. The molecule has 20 heavy (non-hydrogen) atoms. The Kier molecular flexibility index (Phi) is 9.17. The van der Waals surface area contributed by atoms with Crippen molar-refractivity contribution in [1.82, 2.24) is 0 Å². The molecule has 4 heteroatoms. The van der Waals surface area contributed by atoms with Crippen LogP contribution in [0.15, 0.2) is 24.3 Å². The van der Waals surface area contributed by atoms with Crippen LogP contribution in [0.25, 0.3) is 0 Å². The molecule has 0 saturated heterocycles. The van der Waals surface area contributed by atoms with Crippen LogP contribution in [-0.2, 0) is 6.42 Å². The van der Waals surface area contributed by atoms with E-state index in [1.807, 2.05) is 18.2 Å². The van der Waals surface area contributed by atoms with Crippen LogP contribution < -0.4 is 4.65 Å². The molecule has 1 rings (SSSR count). The Labute approximate surface area is 123 Å². The largest absolute Gasteiger partial charge is 0.707 e. The number of hydrogen-bond acceptors (Lipinski definition) is 3. The topological polar surface area (TPSA) is 49.7 Å². The molecular formula is C16H27BO3. The smallest absolute Gasteiger partial charge is 0.512 e. The number of hydrogen-bond donors (Lipinski definition) is 2. The van der Waals surface area contributed by atoms with Gasteiger partial charge in [-0.25, -0.2) is 0 Å². The highest BCUT2D eigenvalue weighted by atomic mass is 16.6. The number of para-hydroxylation sites is 1. The van der Waals surface area contributed by atoms with Crippen molar-refractivity contribution < 1.29 is 14.7 Å². The molecule has 0 unspecified atom stereocenters. The van der Waals surface area contributed by atoms with Gasteiger partial charge in [-0.2, -0.15) is 0 Å². The number of aryl methyl sites for hydroxylation is 1. The summed E-state index contributed by atoms with van der Waals surface area (Å²) in [5.74, 6) is 0.574. The molecule has 0 atom stereocenters. The van der Waals surface area contributed by atoms with E-state index in [2.05, 4.69) is 6.92 Å². The molecule has 0 heterocycles. The minimum atomic E-state index is -1.74. The molecule has 3 nitrogen and oxygen atoms in total. The van der Waals surface area contributed by atoms with Gasteiger partial charge in [0.25, 0.3) is 0 Å². The van der Waals surface area contributed by atoms with Crippen molar-refractivity contribution in [2.24, 2.45) is 0 Å². The average molecular weight is 278 g/mol. The van der Waals surface area contributed by atoms with Crippen LogP contribution in [0.5, 0.6) is 5.75 Å². The summed E-state index contributed by atoms with van der Waals surface area (Å²) in [4.78, 5) is 0. The zero-order valence-electron chi connectivity index (χ0n) is 12.6. The Hall–Kier alpha value is -0.995. The minimum Gasteiger partial charge on any atom is -0.512 e. The van der Waals surface area contributed by atoms with Gasteiger partial charge in [0.15, 0.2) is 0 Å². The lowest BCUT2D eigenvalue weighted by Crippen LogP contribution is -2.21. The summed E-state index contributed by atoms with van der Waals surface area (Å²) in [6.45, 7) is 2.24. The van der Waals surface area contributed by atoms with Gasteiger partial charge in [0.2, 0.25) is 0 Å². The molecular weight excluding hydrogens is 251 g/mol. The molecule has 0 aromatic heterocycles. The van der Waals surface area contributed by atoms with Crippen molar-refractivity contribution >= 4 is 7.32 Å². The van der Waals surface area contributed by atoms with Crippen molar-refractivity contribution in [2.45, 2.75) is 64.7 Å². The summed E-state index contributed by atoms with van der Waals surface area (Å²) >= 11 is 0. The van der Waals surface area contributed by atoms with Crippen LogP contribution in [0.3, 0.4) is 0 Å². The number of unbranched alkanes of at least 4 members (excludes halogenated alkanes) is 7. The Balaban J connectivity index is 2.18. The second-order valence-corrected chi connectivity index (χ2v) is 5.28. The van der Waals surface area contributed by atoms with Crippen LogP contribution in [-0.4, -0.2) is 17.4 Å². The Morgan fingerprint density at radius 3 is 2.15 bits per heavy atom. The second kappa shape index (κ2) is 10.8. The summed E-state index contributed by atoms with van der Waals surface area (Å²) in [5.41, 5.74) is 1.05. The molecule has 0 amide bonds. The number of benzene rings is 1. The summed E-state index contributed by atoms with van der Waals surface area (Å²) in [6, 6.07) is 7.56. The third-order valence-electron chi connectivity index (χ3n) is 3.50. The van der Waals surface area contributed by atoms with E-state index in [0.29, 0.717) is 5.75 Å². The van der Waals surface area contributed by atoms with E-state index in [1.54, 1.807) is 6.07 Å². The van der Waals surface area contributed by atoms with Gasteiger partial charge in [0, 0.05) is 0 Å². The highest BCUT2D eigenvalue weighted by molar-refractivity contribution is 6.33. The molecule has 0 fully saturated rings. The Morgan fingerprint density at radius 1 is 0.900 bits per heavy atom. The maximum absolute atomic E-state index is 8.88. The van der Waals surface area contributed by atoms with Gasteiger partial charge in [0.1, 0.15) is 5.75 Å². The fraction of sp³-hybridized carbons (Fsp3) is 0.625. The second-order valence-electron chi connectivity index (χ2n) is 5.28. The number of rotatable bonds is 11. The van der Waals surface area contributed by atoms with Crippen LogP contribution in [0.2, 0.25) is 0 Å². The highest BCUT2D eigenvalue weighted by Crippen LogP contribution is 2.21. The van der Waals surface area contributed by atoms with E-state index in [4.69, 9.17) is 14.7 Å². The summed E-state index contributed by atoms with van der Waals surface area (Å²) in [7, 11) is -1.74. The van der Waals surface area contributed by atoms with Gasteiger partial charge in [-0.1, -0.05) is 70.1 Å². The van der Waals surface area contributed by atoms with Crippen LogP contribution >= 0.6 is 0 Å². The average Bonchev–Trinajstić information content (AvgIpc) is 2.43. The predicted molar refractivity (Wildman–Crippen MR) is 83.6 cm³/mol. The molecule has 0 spiro atoms. The lowest BCUT2D eigenvalue weighted by molar-refractivity contribution is 0.287. The first-order valence-corrected chi connectivity index (χ1v) is 7.84. The monoisotopic (exact) mass is 278 g/mol. The van der Waals surface area contributed by atoms with Gasteiger partial charge < -0.3 is 14.7 Å². The van der Waals surface area contributed by atoms with E-state index in [-0.39, 0.29) is 0 Å². The van der Waals surface area contributed by atoms with Crippen molar-refractivity contribution in [2.75, 3.05) is 0 Å². The molecule has 0 aliphatic carbocycles. The molecule has 2 N–H and O–H groups in total. The van der Waals surface area contributed by atoms with E-state index >= 15 is 0 Å². The fourth-order valence-corrected chi connectivity index (χ4v) is 2.39. The first-order chi connectivity index (χ1) is 9.74. The maximum Gasteiger partial charge on any atom is 0.707 e. The predicted octanol–water partition coefficient (Wildman–Crippen LogP) is 3.72. The van der Waals surface area contributed by atoms with Crippen molar-refractivity contribution in [3.05, 3.63) is 29.8 Å². The first-order valence-electron chi connectivity index (χ1n) is 7.84. The molecule has 112 valence electrons. The third kappa shape index (κ3) is 7.56. The van der Waals surface area contributed by atoms with Gasteiger partial charge in [-0.15, -0.1) is 0 Å². The van der Waals surface area contributed by atoms with Gasteiger partial charge in [-0.05, 0) is 24.5 Å². The van der Waals surface area contributed by atoms with E-state index in [1.165, 1.54) is 44.9 Å². The molecule has 0 radical (unpaired) electrons. The molecule has 0 aliphatic heterocycles. The zero-order valence-corrected chi connectivity index (χ0v) is 12.6. The van der Waals surface area contributed by atoms with Crippen LogP contribution in [0.4, 0.5) is 0 Å². The maximum atomic E-state index is 8.88. The normalized spacial score (nSPS) is 10.6. The van der Waals surface area contributed by atoms with Gasteiger partial charge in [-0.3, -0.25) is 0 Å². The summed E-state index contributed by atoms with van der Waals surface area (Å²) < 4.78 is 4.98. The van der Waals surface area contributed by atoms with E-state index < -0.39 is 7.32 Å². The highest BCUT2D eigenvalue weighted by Gasteiger charge is 2.13. The SMILES string of the molecule is CCCCCCCCCCc1ccccc1OB(O)O. The zero-order chi connectivity index (χ0) is 14.6. The van der Waals surface area contributed by atoms with Crippen molar-refractivity contribution in [3.8, 4) is 5.75 Å². The van der Waals surface area contributed by atoms with Crippen molar-refractivity contribution in [3.63, 3.8) is 0 Å². The molecule has 1 aromatic carbocycles. The lowest BCUT2D eigenvalue weighted by atomic mass is 10.0. The molecule has 1 aromatic rings. The molecule has 0 saturated carbocycles. The van der Waals surface area contributed by atoms with Crippen molar-refractivity contribution in [1.29, 1.82) is 0 Å². The lowest BCUT2D eigenvalue weighted by Gasteiger charge is -2.10. The van der Waals surface area contributed by atoms with Gasteiger partial charge in [0.05, 0.1) is 0 Å². The van der Waals surface area contributed by atoms with E-state index in [9.17, 15) is 0 Å². The fourth-order valence-electron chi connectivity index (χ4n) is 2.39. The Morgan fingerprint density at radius 2 is 1.50 bits per heavy atom. The molecule has 0 aliphatic rings. The first kappa shape index (κ1) is 17.1. The summed E-state index contributed by atoms with van der Waals surface area (Å²) in [6.07, 6.45) is 11.3.